The Morgan fingerprint density at radius 2 is 1.91 bits per heavy atom. The van der Waals surface area contributed by atoms with E-state index in [1.54, 1.807) is 11.8 Å². The van der Waals surface area contributed by atoms with Gasteiger partial charge in [0.15, 0.2) is 0 Å². The molecule has 0 radical (unpaired) electrons. The van der Waals surface area contributed by atoms with Gasteiger partial charge in [-0.2, -0.15) is 0 Å². The molecule has 5 heteroatoms. The second kappa shape index (κ2) is 6.67. The molecule has 112 valence electrons. The quantitative estimate of drug-likeness (QED) is 0.572. The van der Waals surface area contributed by atoms with Crippen LogP contribution in [-0.2, 0) is 5.75 Å². The minimum absolute atomic E-state index is 0.538. The van der Waals surface area contributed by atoms with Crippen LogP contribution in [0.5, 0.6) is 0 Å². The summed E-state index contributed by atoms with van der Waals surface area (Å²) >= 11 is 5.06. The highest BCUT2D eigenvalue weighted by molar-refractivity contribution is 9.10. The molecule has 0 unspecified atom stereocenters. The first-order valence-electron chi connectivity index (χ1n) is 6.91. The Bertz CT molecular complexity index is 801. The summed E-state index contributed by atoms with van der Waals surface area (Å²) in [7, 11) is 0. The lowest BCUT2D eigenvalue weighted by molar-refractivity contribution is 0.465. The van der Waals surface area contributed by atoms with Crippen molar-refractivity contribution in [2.45, 2.75) is 24.8 Å². The van der Waals surface area contributed by atoms with Gasteiger partial charge >= 0.3 is 0 Å². The van der Waals surface area contributed by atoms with Crippen molar-refractivity contribution in [2.75, 3.05) is 0 Å². The molecule has 0 aliphatic carbocycles. The summed E-state index contributed by atoms with van der Waals surface area (Å²) in [6.45, 7) is 4.22. The van der Waals surface area contributed by atoms with Gasteiger partial charge < -0.3 is 4.42 Å². The number of rotatable bonds is 4. The maximum atomic E-state index is 5.75. The lowest BCUT2D eigenvalue weighted by Crippen LogP contribution is -1.87. The summed E-state index contributed by atoms with van der Waals surface area (Å²) in [4.78, 5) is 0. The molecule has 3 rings (SSSR count). The van der Waals surface area contributed by atoms with E-state index in [2.05, 4.69) is 58.2 Å². The summed E-state index contributed by atoms with van der Waals surface area (Å²) < 4.78 is 6.70. The maximum absolute atomic E-state index is 5.75. The molecule has 0 fully saturated rings. The molecule has 22 heavy (non-hydrogen) atoms. The van der Waals surface area contributed by atoms with Gasteiger partial charge in [0.05, 0.1) is 5.56 Å². The molecule has 3 nitrogen and oxygen atoms in total. The predicted octanol–water partition coefficient (Wildman–Crippen LogP) is 5.41. The third-order valence-corrected chi connectivity index (χ3v) is 4.93. The van der Waals surface area contributed by atoms with Gasteiger partial charge in [-0.05, 0) is 53.0 Å². The van der Waals surface area contributed by atoms with E-state index in [0.29, 0.717) is 11.1 Å². The van der Waals surface area contributed by atoms with Crippen LogP contribution in [-0.4, -0.2) is 10.2 Å². The Balaban J connectivity index is 1.75. The molecule has 2 aromatic carbocycles. The summed E-state index contributed by atoms with van der Waals surface area (Å²) in [5.41, 5.74) is 4.75. The Morgan fingerprint density at radius 1 is 1.09 bits per heavy atom. The van der Waals surface area contributed by atoms with Gasteiger partial charge in [0.25, 0.3) is 5.22 Å². The van der Waals surface area contributed by atoms with E-state index in [1.165, 1.54) is 16.7 Å². The Kier molecular flexibility index (Phi) is 4.64. The van der Waals surface area contributed by atoms with Crippen molar-refractivity contribution in [1.82, 2.24) is 10.2 Å². The van der Waals surface area contributed by atoms with E-state index < -0.39 is 0 Å². The first-order chi connectivity index (χ1) is 10.6. The van der Waals surface area contributed by atoms with Crippen LogP contribution in [0.1, 0.15) is 16.7 Å². The van der Waals surface area contributed by atoms with Crippen molar-refractivity contribution in [2.24, 2.45) is 0 Å². The highest BCUT2D eigenvalue weighted by atomic mass is 79.9. The molecule has 0 aliphatic rings. The summed E-state index contributed by atoms with van der Waals surface area (Å²) in [6, 6.07) is 14.3. The van der Waals surface area contributed by atoms with Gasteiger partial charge in [0.2, 0.25) is 5.89 Å². The Labute approximate surface area is 142 Å². The van der Waals surface area contributed by atoms with E-state index in [4.69, 9.17) is 4.42 Å². The number of aromatic nitrogens is 2. The largest absolute Gasteiger partial charge is 0.411 e. The van der Waals surface area contributed by atoms with Gasteiger partial charge in [-0.15, -0.1) is 10.2 Å². The van der Waals surface area contributed by atoms with Crippen LogP contribution < -0.4 is 0 Å². The van der Waals surface area contributed by atoms with Gasteiger partial charge in [0, 0.05) is 10.2 Å². The normalized spacial score (nSPS) is 10.9. The van der Waals surface area contributed by atoms with Crippen LogP contribution in [0.2, 0.25) is 0 Å². The van der Waals surface area contributed by atoms with E-state index >= 15 is 0 Å². The molecule has 0 atom stereocenters. The zero-order valence-electron chi connectivity index (χ0n) is 12.3. The molecule has 0 aliphatic heterocycles. The topological polar surface area (TPSA) is 38.9 Å². The van der Waals surface area contributed by atoms with Crippen LogP contribution in [0.4, 0.5) is 0 Å². The molecule has 3 aromatic rings. The monoisotopic (exact) mass is 374 g/mol. The number of hydrogen-bond acceptors (Lipinski definition) is 4. The van der Waals surface area contributed by atoms with Gasteiger partial charge in [0.1, 0.15) is 0 Å². The third kappa shape index (κ3) is 3.42. The minimum atomic E-state index is 0.538. The van der Waals surface area contributed by atoms with Crippen molar-refractivity contribution in [1.29, 1.82) is 0 Å². The van der Waals surface area contributed by atoms with E-state index in [9.17, 15) is 0 Å². The van der Waals surface area contributed by atoms with Crippen molar-refractivity contribution in [3.63, 3.8) is 0 Å². The first-order valence-corrected chi connectivity index (χ1v) is 8.68. The fourth-order valence-corrected chi connectivity index (χ4v) is 3.39. The van der Waals surface area contributed by atoms with Gasteiger partial charge in [-0.25, -0.2) is 0 Å². The fourth-order valence-electron chi connectivity index (χ4n) is 2.11. The second-order valence-electron chi connectivity index (χ2n) is 5.07. The average Bonchev–Trinajstić information content (AvgIpc) is 2.97. The Morgan fingerprint density at radius 3 is 2.73 bits per heavy atom. The number of hydrogen-bond donors (Lipinski definition) is 0. The highest BCUT2D eigenvalue weighted by Gasteiger charge is 2.12. The number of thioether (sulfide) groups is 1. The molecular weight excluding hydrogens is 360 g/mol. The van der Waals surface area contributed by atoms with Crippen molar-refractivity contribution >= 4 is 27.7 Å². The van der Waals surface area contributed by atoms with Crippen molar-refractivity contribution < 1.29 is 4.42 Å². The molecule has 0 bridgehead atoms. The van der Waals surface area contributed by atoms with Crippen LogP contribution in [0.25, 0.3) is 11.5 Å². The van der Waals surface area contributed by atoms with E-state index in [-0.39, 0.29) is 0 Å². The van der Waals surface area contributed by atoms with Crippen molar-refractivity contribution in [3.05, 3.63) is 63.6 Å². The third-order valence-electron chi connectivity index (χ3n) is 3.37. The molecule has 0 saturated carbocycles. The average molecular weight is 375 g/mol. The SMILES string of the molecule is Cc1ccc(C)c(CSc2nnc(-c3ccccc3Br)o2)c1. The lowest BCUT2D eigenvalue weighted by atomic mass is 10.1. The van der Waals surface area contributed by atoms with E-state index in [1.807, 2.05) is 24.3 Å². The van der Waals surface area contributed by atoms with Crippen molar-refractivity contribution in [3.8, 4) is 11.5 Å². The molecule has 0 amide bonds. The summed E-state index contributed by atoms with van der Waals surface area (Å²) in [6.07, 6.45) is 0. The van der Waals surface area contributed by atoms with Crippen LogP contribution in [0.3, 0.4) is 0 Å². The first kappa shape index (κ1) is 15.3. The maximum Gasteiger partial charge on any atom is 0.277 e. The molecule has 0 spiro atoms. The second-order valence-corrected chi connectivity index (χ2v) is 6.85. The van der Waals surface area contributed by atoms with Gasteiger partial charge in [-0.1, -0.05) is 47.7 Å². The number of halogens is 1. The number of aryl methyl sites for hydroxylation is 2. The Hall–Kier alpha value is -1.59. The van der Waals surface area contributed by atoms with E-state index in [0.717, 1.165) is 15.8 Å². The number of nitrogens with zero attached hydrogens (tertiary/aromatic N) is 2. The summed E-state index contributed by atoms with van der Waals surface area (Å²) in [5, 5.41) is 8.85. The minimum Gasteiger partial charge on any atom is -0.411 e. The number of benzene rings is 2. The molecule has 0 saturated heterocycles. The highest BCUT2D eigenvalue weighted by Crippen LogP contribution is 2.30. The zero-order valence-corrected chi connectivity index (χ0v) is 14.7. The molecule has 1 heterocycles. The predicted molar refractivity (Wildman–Crippen MR) is 92.9 cm³/mol. The van der Waals surface area contributed by atoms with Crippen LogP contribution in [0, 0.1) is 13.8 Å². The molecule has 1 aromatic heterocycles. The fraction of sp³-hybridized carbons (Fsp3) is 0.176. The molecule has 0 N–H and O–H groups in total. The smallest absolute Gasteiger partial charge is 0.277 e. The van der Waals surface area contributed by atoms with Crippen LogP contribution in [0.15, 0.2) is 56.6 Å². The lowest BCUT2D eigenvalue weighted by Gasteiger charge is -2.04. The standard InChI is InChI=1S/C17H15BrN2OS/c1-11-7-8-12(2)13(9-11)10-22-17-20-19-16(21-17)14-5-3-4-6-15(14)18/h3-9H,10H2,1-2H3. The molecular formula is C17H15BrN2OS. The summed E-state index contributed by atoms with van der Waals surface area (Å²) in [5.74, 6) is 1.36. The van der Waals surface area contributed by atoms with Gasteiger partial charge in [-0.3, -0.25) is 0 Å². The zero-order chi connectivity index (χ0) is 15.5. The van der Waals surface area contributed by atoms with Crippen LogP contribution >= 0.6 is 27.7 Å².